The third kappa shape index (κ3) is 2.99. The quantitative estimate of drug-likeness (QED) is 0.741. The van der Waals surface area contributed by atoms with Crippen LogP contribution in [-0.4, -0.2) is 33.4 Å². The topological polar surface area (TPSA) is 102 Å². The summed E-state index contributed by atoms with van der Waals surface area (Å²) in [5.41, 5.74) is 2.27. The van der Waals surface area contributed by atoms with Crippen LogP contribution in [0.2, 0.25) is 0 Å². The molecule has 1 aliphatic carbocycles. The zero-order valence-corrected chi connectivity index (χ0v) is 15.6. The lowest BCUT2D eigenvalue weighted by Crippen LogP contribution is -2.18. The Hall–Kier alpha value is -2.74. The Morgan fingerprint density at radius 3 is 2.63 bits per heavy atom. The van der Waals surface area contributed by atoms with E-state index in [1.165, 1.54) is 12.4 Å². The van der Waals surface area contributed by atoms with Gasteiger partial charge in [-0.1, -0.05) is 24.1 Å². The molecule has 1 aromatic carbocycles. The molecule has 140 valence electrons. The van der Waals surface area contributed by atoms with Crippen molar-refractivity contribution in [1.82, 2.24) is 13.9 Å². The van der Waals surface area contributed by atoms with E-state index in [2.05, 4.69) is 9.97 Å². The Morgan fingerprint density at radius 1 is 1.19 bits per heavy atom. The van der Waals surface area contributed by atoms with Crippen LogP contribution in [0.25, 0.3) is 11.2 Å². The fraction of sp³-hybridized carbons (Fsp3) is 0.316. The van der Waals surface area contributed by atoms with E-state index < -0.39 is 21.9 Å². The van der Waals surface area contributed by atoms with Gasteiger partial charge in [0.15, 0.2) is 5.65 Å². The summed E-state index contributed by atoms with van der Waals surface area (Å²) in [5.74, 6) is -1.47. The highest BCUT2D eigenvalue weighted by atomic mass is 32.2. The molecule has 1 aliphatic rings. The summed E-state index contributed by atoms with van der Waals surface area (Å²) in [6.45, 7) is 1.89. The number of carboxylic acids is 1. The average molecular weight is 385 g/mol. The first-order valence-electron chi connectivity index (χ1n) is 8.77. The Kier molecular flexibility index (Phi) is 4.22. The summed E-state index contributed by atoms with van der Waals surface area (Å²) in [6.07, 6.45) is 5.16. The second-order valence-electron chi connectivity index (χ2n) is 6.92. The Bertz CT molecular complexity index is 1120. The number of aromatic nitrogens is 3. The van der Waals surface area contributed by atoms with Gasteiger partial charge in [0.25, 0.3) is 10.0 Å². The van der Waals surface area contributed by atoms with Gasteiger partial charge in [0.2, 0.25) is 0 Å². The van der Waals surface area contributed by atoms with Gasteiger partial charge < -0.3 is 5.11 Å². The van der Waals surface area contributed by atoms with Crippen molar-refractivity contribution in [3.8, 4) is 0 Å². The van der Waals surface area contributed by atoms with Gasteiger partial charge >= 0.3 is 5.97 Å². The number of aryl methyl sites for hydroxylation is 1. The minimum Gasteiger partial charge on any atom is -0.481 e. The lowest BCUT2D eigenvalue weighted by Gasteiger charge is -2.15. The van der Waals surface area contributed by atoms with E-state index in [1.54, 1.807) is 30.3 Å². The van der Waals surface area contributed by atoms with Crippen LogP contribution in [0.5, 0.6) is 0 Å². The predicted octanol–water partition coefficient (Wildman–Crippen LogP) is 2.95. The minimum absolute atomic E-state index is 0.179. The second-order valence-corrected chi connectivity index (χ2v) is 8.73. The van der Waals surface area contributed by atoms with Crippen LogP contribution < -0.4 is 0 Å². The standard InChI is InChI=1S/C19H19N3O4S/c1-12-5-7-13(8-6-12)27(25,26)22-10-9-16-18(22)20-11-17(21-16)14-3-2-4-15(14)19(23)24/h5-11,14-15H,2-4H2,1H3,(H,23,24). The highest BCUT2D eigenvalue weighted by molar-refractivity contribution is 7.90. The van der Waals surface area contributed by atoms with E-state index in [9.17, 15) is 18.3 Å². The van der Waals surface area contributed by atoms with Crippen LogP contribution in [0.3, 0.4) is 0 Å². The first-order valence-corrected chi connectivity index (χ1v) is 10.2. The molecule has 27 heavy (non-hydrogen) atoms. The minimum atomic E-state index is -3.78. The molecule has 2 aromatic heterocycles. The Labute approximate surface area is 156 Å². The predicted molar refractivity (Wildman–Crippen MR) is 99.0 cm³/mol. The summed E-state index contributed by atoms with van der Waals surface area (Å²) in [6, 6.07) is 8.22. The molecule has 2 heterocycles. The first-order chi connectivity index (χ1) is 12.9. The van der Waals surface area contributed by atoms with Crippen molar-refractivity contribution in [2.24, 2.45) is 5.92 Å². The van der Waals surface area contributed by atoms with Crippen LogP contribution >= 0.6 is 0 Å². The Balaban J connectivity index is 1.75. The molecule has 4 rings (SSSR count). The van der Waals surface area contributed by atoms with Crippen molar-refractivity contribution in [1.29, 1.82) is 0 Å². The molecule has 7 nitrogen and oxygen atoms in total. The maximum Gasteiger partial charge on any atom is 0.307 e. The summed E-state index contributed by atoms with van der Waals surface area (Å²) in [7, 11) is -3.78. The molecule has 0 radical (unpaired) electrons. The number of nitrogens with zero attached hydrogens (tertiary/aromatic N) is 3. The van der Waals surface area contributed by atoms with Crippen LogP contribution in [0.4, 0.5) is 0 Å². The van der Waals surface area contributed by atoms with Crippen LogP contribution in [0.1, 0.15) is 36.4 Å². The third-order valence-corrected chi connectivity index (χ3v) is 6.85. The second kappa shape index (κ2) is 6.45. The van der Waals surface area contributed by atoms with E-state index in [-0.39, 0.29) is 16.5 Å². The van der Waals surface area contributed by atoms with Gasteiger partial charge in [0, 0.05) is 12.1 Å². The van der Waals surface area contributed by atoms with Gasteiger partial charge in [0.1, 0.15) is 5.52 Å². The first kappa shape index (κ1) is 17.7. The largest absolute Gasteiger partial charge is 0.481 e. The summed E-state index contributed by atoms with van der Waals surface area (Å²) in [4.78, 5) is 20.5. The number of fused-ring (bicyclic) bond motifs is 1. The maximum absolute atomic E-state index is 12.9. The molecule has 0 aliphatic heterocycles. The van der Waals surface area contributed by atoms with Crippen molar-refractivity contribution in [2.75, 3.05) is 0 Å². The van der Waals surface area contributed by atoms with Crippen molar-refractivity contribution in [3.63, 3.8) is 0 Å². The molecule has 3 aromatic rings. The fourth-order valence-corrected chi connectivity index (χ4v) is 5.00. The molecule has 1 N–H and O–H groups in total. The van der Waals surface area contributed by atoms with Gasteiger partial charge in [-0.15, -0.1) is 0 Å². The summed E-state index contributed by atoms with van der Waals surface area (Å²) >= 11 is 0. The number of carboxylic acid groups (broad SMARTS) is 1. The molecular weight excluding hydrogens is 366 g/mol. The number of hydrogen-bond acceptors (Lipinski definition) is 5. The van der Waals surface area contributed by atoms with Crippen LogP contribution in [-0.2, 0) is 14.8 Å². The molecule has 0 bridgehead atoms. The number of rotatable bonds is 4. The van der Waals surface area contributed by atoms with Crippen molar-refractivity contribution in [2.45, 2.75) is 37.0 Å². The molecule has 1 fully saturated rings. The van der Waals surface area contributed by atoms with Gasteiger partial charge in [-0.25, -0.2) is 22.4 Å². The zero-order valence-electron chi connectivity index (χ0n) is 14.7. The van der Waals surface area contributed by atoms with Gasteiger partial charge in [-0.2, -0.15) is 0 Å². The average Bonchev–Trinajstić information content (AvgIpc) is 3.28. The van der Waals surface area contributed by atoms with Crippen molar-refractivity contribution in [3.05, 3.63) is 54.0 Å². The van der Waals surface area contributed by atoms with Crippen LogP contribution in [0, 0.1) is 12.8 Å². The molecule has 0 saturated heterocycles. The summed E-state index contributed by atoms with van der Waals surface area (Å²) < 4.78 is 27.0. The molecule has 0 amide bonds. The fourth-order valence-electron chi connectivity index (χ4n) is 3.71. The number of carbonyl (C=O) groups is 1. The van der Waals surface area contributed by atoms with E-state index in [0.717, 1.165) is 22.4 Å². The molecule has 2 atom stereocenters. The van der Waals surface area contributed by atoms with Gasteiger partial charge in [0.05, 0.1) is 22.7 Å². The number of aliphatic carboxylic acids is 1. The zero-order chi connectivity index (χ0) is 19.2. The molecular formula is C19H19N3O4S. The highest BCUT2D eigenvalue weighted by Crippen LogP contribution is 2.39. The van der Waals surface area contributed by atoms with Crippen molar-refractivity contribution >= 4 is 27.2 Å². The maximum atomic E-state index is 12.9. The normalized spacial score (nSPS) is 20.2. The third-order valence-electron chi connectivity index (χ3n) is 5.17. The van der Waals surface area contributed by atoms with E-state index in [1.807, 2.05) is 6.92 Å². The lowest BCUT2D eigenvalue weighted by atomic mass is 9.93. The Morgan fingerprint density at radius 2 is 1.93 bits per heavy atom. The molecule has 2 unspecified atom stereocenters. The number of benzene rings is 1. The molecule has 1 saturated carbocycles. The monoisotopic (exact) mass is 385 g/mol. The van der Waals surface area contributed by atoms with Gasteiger partial charge in [-0.3, -0.25) is 4.79 Å². The van der Waals surface area contributed by atoms with Crippen LogP contribution in [0.15, 0.2) is 47.6 Å². The lowest BCUT2D eigenvalue weighted by molar-refractivity contribution is -0.142. The van der Waals surface area contributed by atoms with E-state index >= 15 is 0 Å². The van der Waals surface area contributed by atoms with Crippen molar-refractivity contribution < 1.29 is 18.3 Å². The smallest absolute Gasteiger partial charge is 0.307 e. The molecule has 8 heteroatoms. The highest BCUT2D eigenvalue weighted by Gasteiger charge is 2.35. The summed E-state index contributed by atoms with van der Waals surface area (Å²) in [5, 5.41) is 9.38. The van der Waals surface area contributed by atoms with E-state index in [0.29, 0.717) is 17.6 Å². The molecule has 0 spiro atoms. The number of hydrogen-bond donors (Lipinski definition) is 1. The van der Waals surface area contributed by atoms with E-state index in [4.69, 9.17) is 0 Å². The SMILES string of the molecule is Cc1ccc(S(=O)(=O)n2ccc3nc(C4CCCC4C(=O)O)cnc32)cc1. The van der Waals surface area contributed by atoms with Gasteiger partial charge in [-0.05, 0) is 38.0 Å².